The molecule has 0 unspecified atom stereocenters. The number of rotatable bonds is 7. The lowest BCUT2D eigenvalue weighted by molar-refractivity contribution is 1.14. The maximum absolute atomic E-state index is 10.1. The van der Waals surface area contributed by atoms with E-state index in [-0.39, 0.29) is 0 Å². The van der Waals surface area contributed by atoms with Crippen LogP contribution in [-0.4, -0.2) is 21.8 Å². The van der Waals surface area contributed by atoms with Gasteiger partial charge in [0.25, 0.3) is 0 Å². The number of fused-ring (bicyclic) bond motifs is 9. The summed E-state index contributed by atoms with van der Waals surface area (Å²) in [7, 11) is -2.71. The Morgan fingerprint density at radius 1 is 0.318 bits per heavy atom. The van der Waals surface area contributed by atoms with Crippen LogP contribution in [0.1, 0.15) is 5.56 Å². The van der Waals surface area contributed by atoms with Crippen molar-refractivity contribution in [1.29, 1.82) is 5.26 Å². The minimum Gasteiger partial charge on any atom is -0.309 e. The van der Waals surface area contributed by atoms with Crippen LogP contribution in [-0.2, 0) is 0 Å². The van der Waals surface area contributed by atoms with Crippen molar-refractivity contribution in [2.45, 2.75) is 0 Å². The predicted molar refractivity (Wildman–Crippen MR) is 278 cm³/mol. The smallest absolute Gasteiger partial charge is 0.179 e. The summed E-state index contributed by atoms with van der Waals surface area (Å²) in [6, 6.07) is 90.9. The molecule has 10 aromatic carbocycles. The third-order valence-corrected chi connectivity index (χ3v) is 18.6. The SMILES string of the molecule is N#Cc1ccc2c3ccccc3n(-c3cccc4c5ccccc5n(-c5cccc6c5c5ccccc5n6-c5ccc([Si](c6ccccc6)(c6ccccc6)c6ccccc6)cc5)c34)c2c1. The Labute approximate surface area is 382 Å². The molecule has 0 saturated carbocycles. The first-order valence-corrected chi connectivity index (χ1v) is 24.5. The van der Waals surface area contributed by atoms with Crippen LogP contribution in [0.4, 0.5) is 0 Å². The summed E-state index contributed by atoms with van der Waals surface area (Å²) in [4.78, 5) is 0. The van der Waals surface area contributed by atoms with E-state index in [0.29, 0.717) is 5.56 Å². The van der Waals surface area contributed by atoms with E-state index in [1.54, 1.807) is 0 Å². The lowest BCUT2D eigenvalue weighted by Crippen LogP contribution is -2.74. The van der Waals surface area contributed by atoms with Gasteiger partial charge in [-0.05, 0) is 81.4 Å². The molecule has 13 aromatic rings. The standard InChI is InChI=1S/C61H40N4Si/c62-41-42-34-39-50-48-24-10-13-28-53(48)64(59(50)40-42)58-33-16-27-51-49-25-11-14-29-54(49)65(61(51)58)57-32-17-31-56-60(57)52-26-12-15-30-55(52)63(56)43-35-37-47(38-36-43)66(44-18-4-1-5-19-44,45-20-6-2-7-21-45)46-22-8-3-9-23-46/h1-40H. The Morgan fingerprint density at radius 3 is 1.39 bits per heavy atom. The van der Waals surface area contributed by atoms with E-state index in [1.807, 2.05) is 12.1 Å². The fourth-order valence-electron chi connectivity index (χ4n) is 11.1. The van der Waals surface area contributed by atoms with E-state index in [9.17, 15) is 5.26 Å². The molecule has 308 valence electrons. The quantitative estimate of drug-likeness (QED) is 0.116. The van der Waals surface area contributed by atoms with Crippen LogP contribution < -0.4 is 20.7 Å². The Kier molecular flexibility index (Phi) is 8.57. The molecule has 0 aliphatic carbocycles. The molecule has 0 atom stereocenters. The van der Waals surface area contributed by atoms with Crippen LogP contribution in [0.15, 0.2) is 243 Å². The summed E-state index contributed by atoms with van der Waals surface area (Å²) < 4.78 is 7.29. The first-order valence-electron chi connectivity index (χ1n) is 22.5. The zero-order chi connectivity index (χ0) is 43.8. The van der Waals surface area contributed by atoms with Gasteiger partial charge in [-0.15, -0.1) is 0 Å². The Balaban J connectivity index is 1.07. The van der Waals surface area contributed by atoms with E-state index in [1.165, 1.54) is 42.3 Å². The van der Waals surface area contributed by atoms with E-state index in [4.69, 9.17) is 0 Å². The number of nitriles is 1. The Morgan fingerprint density at radius 2 is 0.773 bits per heavy atom. The zero-order valence-corrected chi connectivity index (χ0v) is 36.9. The van der Waals surface area contributed by atoms with Gasteiger partial charge in [-0.1, -0.05) is 182 Å². The number of benzene rings is 10. The molecule has 0 amide bonds. The van der Waals surface area contributed by atoms with Crippen molar-refractivity contribution < 1.29 is 0 Å². The molecule has 0 aliphatic rings. The van der Waals surface area contributed by atoms with Gasteiger partial charge >= 0.3 is 0 Å². The largest absolute Gasteiger partial charge is 0.309 e. The average Bonchev–Trinajstić information content (AvgIpc) is 4.03. The molecular weight excluding hydrogens is 817 g/mol. The normalized spacial score (nSPS) is 11.9. The molecule has 0 saturated heterocycles. The molecule has 0 N–H and O–H groups in total. The topological polar surface area (TPSA) is 38.6 Å². The van der Waals surface area contributed by atoms with Gasteiger partial charge in [0.05, 0.1) is 56.1 Å². The van der Waals surface area contributed by atoms with Crippen molar-refractivity contribution in [1.82, 2.24) is 13.7 Å². The molecule has 4 nitrogen and oxygen atoms in total. The maximum atomic E-state index is 10.1. The predicted octanol–water partition coefficient (Wildman–Crippen LogP) is 12.2. The highest BCUT2D eigenvalue weighted by Crippen LogP contribution is 2.43. The summed E-state index contributed by atoms with van der Waals surface area (Å²) in [6.45, 7) is 0. The summed E-state index contributed by atoms with van der Waals surface area (Å²) >= 11 is 0. The first kappa shape index (κ1) is 37.8. The van der Waals surface area contributed by atoms with E-state index < -0.39 is 8.07 Å². The summed E-state index contributed by atoms with van der Waals surface area (Å²) in [5.41, 5.74) is 10.6. The van der Waals surface area contributed by atoms with E-state index in [2.05, 4.69) is 250 Å². The number of hydrogen-bond donors (Lipinski definition) is 0. The van der Waals surface area contributed by atoms with Gasteiger partial charge in [-0.25, -0.2) is 0 Å². The van der Waals surface area contributed by atoms with Gasteiger partial charge in [-0.2, -0.15) is 5.26 Å². The second-order valence-corrected chi connectivity index (χ2v) is 21.0. The third kappa shape index (κ3) is 5.43. The molecule has 66 heavy (non-hydrogen) atoms. The molecule has 0 bridgehead atoms. The molecule has 0 radical (unpaired) electrons. The van der Waals surface area contributed by atoms with Gasteiger partial charge in [0.15, 0.2) is 8.07 Å². The maximum Gasteiger partial charge on any atom is 0.179 e. The third-order valence-electron chi connectivity index (χ3n) is 13.8. The minimum absolute atomic E-state index is 0.637. The summed E-state index contributed by atoms with van der Waals surface area (Å²) in [5.74, 6) is 0. The fourth-order valence-corrected chi connectivity index (χ4v) is 15.9. The highest BCUT2D eigenvalue weighted by atomic mass is 28.3. The van der Waals surface area contributed by atoms with Gasteiger partial charge in [0, 0.05) is 38.0 Å². The van der Waals surface area contributed by atoms with Gasteiger partial charge in [-0.3, -0.25) is 0 Å². The van der Waals surface area contributed by atoms with Crippen LogP contribution in [0.25, 0.3) is 82.5 Å². The highest BCUT2D eigenvalue weighted by Gasteiger charge is 2.41. The highest BCUT2D eigenvalue weighted by molar-refractivity contribution is 7.19. The molecule has 0 aliphatic heterocycles. The fraction of sp³-hybridized carbons (Fsp3) is 0. The molecule has 13 rings (SSSR count). The monoisotopic (exact) mass is 856 g/mol. The molecular formula is C61H40N4Si. The van der Waals surface area contributed by atoms with Crippen molar-refractivity contribution in [3.05, 3.63) is 248 Å². The van der Waals surface area contributed by atoms with Crippen molar-refractivity contribution >= 4 is 94.2 Å². The molecule has 5 heteroatoms. The van der Waals surface area contributed by atoms with Crippen molar-refractivity contribution in [3.8, 4) is 23.1 Å². The van der Waals surface area contributed by atoms with Crippen molar-refractivity contribution in [2.24, 2.45) is 0 Å². The van der Waals surface area contributed by atoms with Gasteiger partial charge in [0.1, 0.15) is 0 Å². The molecule has 0 spiro atoms. The minimum atomic E-state index is -2.71. The van der Waals surface area contributed by atoms with Crippen LogP contribution in [0.2, 0.25) is 0 Å². The first-order chi connectivity index (χ1) is 32.7. The molecule has 3 aromatic heterocycles. The van der Waals surface area contributed by atoms with Crippen LogP contribution in [0.5, 0.6) is 0 Å². The van der Waals surface area contributed by atoms with Gasteiger partial charge < -0.3 is 13.7 Å². The van der Waals surface area contributed by atoms with E-state index in [0.717, 1.165) is 60.9 Å². The number of aromatic nitrogens is 3. The second-order valence-electron chi connectivity index (χ2n) is 17.1. The summed E-state index contributed by atoms with van der Waals surface area (Å²) in [5, 5.41) is 22.5. The second kappa shape index (κ2) is 15.0. The zero-order valence-electron chi connectivity index (χ0n) is 35.9. The van der Waals surface area contributed by atoms with E-state index >= 15 is 0 Å². The van der Waals surface area contributed by atoms with Crippen LogP contribution in [0, 0.1) is 11.3 Å². The number of para-hydroxylation sites is 4. The average molecular weight is 857 g/mol. The number of nitrogens with zero attached hydrogens (tertiary/aromatic N) is 4. The van der Waals surface area contributed by atoms with Crippen LogP contribution in [0.3, 0.4) is 0 Å². The molecule has 0 fully saturated rings. The lowest BCUT2D eigenvalue weighted by atomic mass is 10.1. The van der Waals surface area contributed by atoms with Crippen molar-refractivity contribution in [3.63, 3.8) is 0 Å². The number of hydrogen-bond acceptors (Lipinski definition) is 1. The Hall–Kier alpha value is -8.69. The van der Waals surface area contributed by atoms with Gasteiger partial charge in [0.2, 0.25) is 0 Å². The lowest BCUT2D eigenvalue weighted by Gasteiger charge is -2.34. The van der Waals surface area contributed by atoms with Crippen molar-refractivity contribution in [2.75, 3.05) is 0 Å². The Bertz CT molecular complexity index is 3950. The van der Waals surface area contributed by atoms with Crippen LogP contribution >= 0.6 is 0 Å². The molecule has 3 heterocycles. The summed E-state index contributed by atoms with van der Waals surface area (Å²) in [6.07, 6.45) is 0.